The van der Waals surface area contributed by atoms with Crippen LogP contribution in [0.1, 0.15) is 51.4 Å². The normalized spacial score (nSPS) is 14.2. The monoisotopic (exact) mass is 285 g/mol. The van der Waals surface area contributed by atoms with E-state index in [4.69, 9.17) is 11.6 Å². The molecular weight excluding hydrogens is 262 g/mol. The molecule has 0 saturated heterocycles. The second kappa shape index (κ2) is 7.06. The topological polar surface area (TPSA) is 58.0 Å². The molecule has 4 nitrogen and oxygen atoms in total. The van der Waals surface area contributed by atoms with E-state index in [0.717, 1.165) is 36.5 Å². The van der Waals surface area contributed by atoms with E-state index < -0.39 is 0 Å². The van der Waals surface area contributed by atoms with E-state index in [2.05, 4.69) is 36.1 Å². The van der Waals surface area contributed by atoms with Crippen LogP contribution >= 0.6 is 11.6 Å². The van der Waals surface area contributed by atoms with Crippen LogP contribution < -0.4 is 5.32 Å². The standard InChI is InChI=1S/C14H24ClN3O/c1-5-7-11-16-12(15)10(3)13(17-11)18-14(4,6-2)8-9-19/h19H,5-9H2,1-4H3,(H,16,17,18). The maximum Gasteiger partial charge on any atom is 0.137 e. The maximum absolute atomic E-state index is 9.17. The summed E-state index contributed by atoms with van der Waals surface area (Å²) in [6.07, 6.45) is 3.38. The van der Waals surface area contributed by atoms with Gasteiger partial charge in [0.05, 0.1) is 0 Å². The zero-order valence-corrected chi connectivity index (χ0v) is 13.0. The molecule has 19 heavy (non-hydrogen) atoms. The van der Waals surface area contributed by atoms with Crippen molar-refractivity contribution in [3.05, 3.63) is 16.5 Å². The van der Waals surface area contributed by atoms with Gasteiger partial charge in [-0.05, 0) is 33.1 Å². The fourth-order valence-electron chi connectivity index (χ4n) is 1.85. The Morgan fingerprint density at radius 1 is 1.32 bits per heavy atom. The fraction of sp³-hybridized carbons (Fsp3) is 0.714. The molecule has 1 unspecified atom stereocenters. The molecule has 0 bridgehead atoms. The lowest BCUT2D eigenvalue weighted by Crippen LogP contribution is -2.36. The molecule has 1 aromatic heterocycles. The minimum atomic E-state index is -0.180. The first-order valence-electron chi connectivity index (χ1n) is 6.87. The van der Waals surface area contributed by atoms with Crippen molar-refractivity contribution in [2.24, 2.45) is 0 Å². The summed E-state index contributed by atoms with van der Waals surface area (Å²) in [6, 6.07) is 0. The van der Waals surface area contributed by atoms with Gasteiger partial charge in [-0.25, -0.2) is 9.97 Å². The van der Waals surface area contributed by atoms with Crippen LogP contribution in [-0.2, 0) is 6.42 Å². The Labute approximate surface area is 120 Å². The van der Waals surface area contributed by atoms with Crippen molar-refractivity contribution in [3.63, 3.8) is 0 Å². The van der Waals surface area contributed by atoms with Gasteiger partial charge in [0.1, 0.15) is 16.8 Å². The van der Waals surface area contributed by atoms with Gasteiger partial charge in [0.25, 0.3) is 0 Å². The van der Waals surface area contributed by atoms with Crippen LogP contribution in [0.2, 0.25) is 5.15 Å². The van der Waals surface area contributed by atoms with Crippen molar-refractivity contribution in [3.8, 4) is 0 Å². The van der Waals surface area contributed by atoms with E-state index in [-0.39, 0.29) is 12.1 Å². The molecule has 108 valence electrons. The van der Waals surface area contributed by atoms with Gasteiger partial charge in [-0.15, -0.1) is 0 Å². The largest absolute Gasteiger partial charge is 0.396 e. The molecule has 1 rings (SSSR count). The molecule has 2 N–H and O–H groups in total. The highest BCUT2D eigenvalue weighted by Crippen LogP contribution is 2.26. The molecule has 0 radical (unpaired) electrons. The van der Waals surface area contributed by atoms with Gasteiger partial charge >= 0.3 is 0 Å². The molecule has 0 aliphatic carbocycles. The molecule has 0 spiro atoms. The first kappa shape index (κ1) is 16.2. The highest BCUT2D eigenvalue weighted by molar-refractivity contribution is 6.30. The van der Waals surface area contributed by atoms with E-state index in [1.165, 1.54) is 0 Å². The average Bonchev–Trinajstić information content (AvgIpc) is 2.36. The number of halogens is 1. The summed E-state index contributed by atoms with van der Waals surface area (Å²) in [5, 5.41) is 13.1. The molecule has 1 aromatic rings. The Balaban J connectivity index is 3.04. The highest BCUT2D eigenvalue weighted by atomic mass is 35.5. The molecule has 0 fully saturated rings. The van der Waals surface area contributed by atoms with Crippen LogP contribution in [0.5, 0.6) is 0 Å². The quantitative estimate of drug-likeness (QED) is 0.754. The van der Waals surface area contributed by atoms with Crippen molar-refractivity contribution in [2.75, 3.05) is 11.9 Å². The number of nitrogens with zero attached hydrogens (tertiary/aromatic N) is 2. The first-order valence-corrected chi connectivity index (χ1v) is 7.25. The van der Waals surface area contributed by atoms with Crippen LogP contribution in [0.4, 0.5) is 5.82 Å². The van der Waals surface area contributed by atoms with Gasteiger partial charge in [-0.1, -0.05) is 25.4 Å². The lowest BCUT2D eigenvalue weighted by molar-refractivity contribution is 0.251. The molecule has 0 aliphatic rings. The summed E-state index contributed by atoms with van der Waals surface area (Å²) in [4.78, 5) is 8.84. The maximum atomic E-state index is 9.17. The number of hydrogen-bond acceptors (Lipinski definition) is 4. The molecule has 1 heterocycles. The van der Waals surface area contributed by atoms with Gasteiger partial charge in [-0.2, -0.15) is 0 Å². The number of nitrogens with one attached hydrogen (secondary N) is 1. The van der Waals surface area contributed by atoms with E-state index in [1.54, 1.807) is 0 Å². The van der Waals surface area contributed by atoms with E-state index >= 15 is 0 Å². The van der Waals surface area contributed by atoms with Crippen LogP contribution in [0.25, 0.3) is 0 Å². The number of aliphatic hydroxyl groups excluding tert-OH is 1. The predicted octanol–water partition coefficient (Wildman–Crippen LogP) is 3.35. The summed E-state index contributed by atoms with van der Waals surface area (Å²) in [5.41, 5.74) is 0.680. The number of rotatable bonds is 7. The second-order valence-corrected chi connectivity index (χ2v) is 5.53. The van der Waals surface area contributed by atoms with E-state index in [1.807, 2.05) is 6.92 Å². The third-order valence-electron chi connectivity index (χ3n) is 3.47. The Kier molecular flexibility index (Phi) is 6.01. The number of anilines is 1. The Hall–Kier alpha value is -0.870. The molecule has 5 heteroatoms. The van der Waals surface area contributed by atoms with Gasteiger partial charge in [-0.3, -0.25) is 0 Å². The van der Waals surface area contributed by atoms with E-state index in [0.29, 0.717) is 11.6 Å². The minimum absolute atomic E-state index is 0.150. The molecule has 1 atom stereocenters. The zero-order chi connectivity index (χ0) is 14.5. The number of aryl methyl sites for hydroxylation is 1. The molecular formula is C14H24ClN3O. The van der Waals surface area contributed by atoms with Crippen molar-refractivity contribution >= 4 is 17.4 Å². The summed E-state index contributed by atoms with van der Waals surface area (Å²) in [7, 11) is 0. The summed E-state index contributed by atoms with van der Waals surface area (Å²) < 4.78 is 0. The second-order valence-electron chi connectivity index (χ2n) is 5.17. The fourth-order valence-corrected chi connectivity index (χ4v) is 2.04. The van der Waals surface area contributed by atoms with Crippen molar-refractivity contribution in [1.82, 2.24) is 9.97 Å². The Bertz CT molecular complexity index is 425. The van der Waals surface area contributed by atoms with Crippen LogP contribution in [-0.4, -0.2) is 27.2 Å². The van der Waals surface area contributed by atoms with Gasteiger partial charge in [0.15, 0.2) is 0 Å². The third kappa shape index (κ3) is 4.32. The van der Waals surface area contributed by atoms with Crippen LogP contribution in [0.3, 0.4) is 0 Å². The average molecular weight is 286 g/mol. The lowest BCUT2D eigenvalue weighted by Gasteiger charge is -2.30. The van der Waals surface area contributed by atoms with E-state index in [9.17, 15) is 5.11 Å². The molecule has 0 aliphatic heterocycles. The Morgan fingerprint density at radius 2 is 2.00 bits per heavy atom. The first-order chi connectivity index (χ1) is 8.95. The molecule has 0 saturated carbocycles. The van der Waals surface area contributed by atoms with Crippen molar-refractivity contribution in [1.29, 1.82) is 0 Å². The molecule has 0 aromatic carbocycles. The highest BCUT2D eigenvalue weighted by Gasteiger charge is 2.23. The Morgan fingerprint density at radius 3 is 2.53 bits per heavy atom. The SMILES string of the molecule is CCCc1nc(Cl)c(C)c(NC(C)(CC)CCO)n1. The minimum Gasteiger partial charge on any atom is -0.396 e. The number of hydrogen-bond donors (Lipinski definition) is 2. The van der Waals surface area contributed by atoms with Gasteiger partial charge in [0.2, 0.25) is 0 Å². The summed E-state index contributed by atoms with van der Waals surface area (Å²) in [5.74, 6) is 1.55. The van der Waals surface area contributed by atoms with Gasteiger partial charge in [0, 0.05) is 24.1 Å². The summed E-state index contributed by atoms with van der Waals surface area (Å²) >= 11 is 6.16. The van der Waals surface area contributed by atoms with Crippen molar-refractivity contribution < 1.29 is 5.11 Å². The van der Waals surface area contributed by atoms with Crippen LogP contribution in [0, 0.1) is 6.92 Å². The van der Waals surface area contributed by atoms with Gasteiger partial charge < -0.3 is 10.4 Å². The van der Waals surface area contributed by atoms with Crippen molar-refractivity contribution in [2.45, 2.75) is 58.9 Å². The molecule has 0 amide bonds. The predicted molar refractivity (Wildman–Crippen MR) is 79.8 cm³/mol. The number of aromatic nitrogens is 2. The smallest absolute Gasteiger partial charge is 0.137 e. The summed E-state index contributed by atoms with van der Waals surface area (Å²) in [6.45, 7) is 8.32. The third-order valence-corrected chi connectivity index (χ3v) is 3.84. The number of aliphatic hydroxyl groups is 1. The lowest BCUT2D eigenvalue weighted by atomic mass is 9.95. The zero-order valence-electron chi connectivity index (χ0n) is 12.3. The van der Waals surface area contributed by atoms with Crippen LogP contribution in [0.15, 0.2) is 0 Å².